The molecule has 1 fully saturated rings. The SMILES string of the molecule is Cc1cc(Oc2c(C(F)(F)F)oc3c(C[NH+]4CCCC[C@@H]4C)c(O)ccc3c2=O)cc(C)c1Cl. The smallest absolute Gasteiger partial charge is 0.453 e. The average molecular weight is 497 g/mol. The molecule has 5 nitrogen and oxygen atoms in total. The number of halogens is 4. The predicted octanol–water partition coefficient (Wildman–Crippen LogP) is 5.54. The summed E-state index contributed by atoms with van der Waals surface area (Å²) in [5.74, 6) is -2.64. The van der Waals surface area contributed by atoms with Crippen molar-refractivity contribution in [2.24, 2.45) is 0 Å². The summed E-state index contributed by atoms with van der Waals surface area (Å²) in [6.45, 7) is 6.52. The topological polar surface area (TPSA) is 64.1 Å². The van der Waals surface area contributed by atoms with E-state index in [9.17, 15) is 23.1 Å². The van der Waals surface area contributed by atoms with E-state index in [2.05, 4.69) is 6.92 Å². The maximum absolute atomic E-state index is 14.0. The summed E-state index contributed by atoms with van der Waals surface area (Å²) in [6, 6.07) is 5.78. The number of rotatable bonds is 4. The van der Waals surface area contributed by atoms with E-state index < -0.39 is 23.1 Å². The molecule has 182 valence electrons. The molecule has 0 aliphatic carbocycles. The molecule has 2 heterocycles. The molecule has 1 saturated heterocycles. The molecule has 0 radical (unpaired) electrons. The summed E-state index contributed by atoms with van der Waals surface area (Å²) >= 11 is 6.15. The van der Waals surface area contributed by atoms with Crippen LogP contribution in [0.5, 0.6) is 17.2 Å². The highest BCUT2D eigenvalue weighted by Crippen LogP contribution is 2.40. The second-order valence-electron chi connectivity index (χ2n) is 8.98. The van der Waals surface area contributed by atoms with Gasteiger partial charge in [-0.3, -0.25) is 4.79 Å². The number of ether oxygens (including phenoxy) is 1. The van der Waals surface area contributed by atoms with Crippen molar-refractivity contribution in [3.63, 3.8) is 0 Å². The van der Waals surface area contributed by atoms with Gasteiger partial charge in [-0.15, -0.1) is 0 Å². The maximum Gasteiger partial charge on any atom is 0.453 e. The number of nitrogens with one attached hydrogen (secondary N) is 1. The summed E-state index contributed by atoms with van der Waals surface area (Å²) in [5, 5.41) is 10.9. The number of benzene rings is 2. The van der Waals surface area contributed by atoms with Crippen LogP contribution in [0.4, 0.5) is 13.2 Å². The monoisotopic (exact) mass is 496 g/mol. The molecular weight excluding hydrogens is 471 g/mol. The Kier molecular flexibility index (Phi) is 6.57. The lowest BCUT2D eigenvalue weighted by Gasteiger charge is -2.30. The highest BCUT2D eigenvalue weighted by molar-refractivity contribution is 6.32. The molecule has 1 aromatic heterocycles. The highest BCUT2D eigenvalue weighted by atomic mass is 35.5. The Balaban J connectivity index is 1.89. The molecule has 1 aliphatic rings. The van der Waals surface area contributed by atoms with Crippen LogP contribution in [0.1, 0.15) is 48.6 Å². The average Bonchev–Trinajstić information content (AvgIpc) is 2.76. The number of hydrogen-bond acceptors (Lipinski definition) is 4. The first-order valence-corrected chi connectivity index (χ1v) is 11.5. The lowest BCUT2D eigenvalue weighted by molar-refractivity contribution is -0.941. The molecule has 1 unspecified atom stereocenters. The zero-order valence-corrected chi connectivity index (χ0v) is 19.9. The Morgan fingerprint density at radius 3 is 2.50 bits per heavy atom. The number of fused-ring (bicyclic) bond motifs is 1. The highest BCUT2D eigenvalue weighted by Gasteiger charge is 2.41. The van der Waals surface area contributed by atoms with E-state index in [1.54, 1.807) is 13.8 Å². The van der Waals surface area contributed by atoms with Crippen molar-refractivity contribution in [1.29, 1.82) is 0 Å². The maximum atomic E-state index is 14.0. The zero-order chi connectivity index (χ0) is 24.8. The zero-order valence-electron chi connectivity index (χ0n) is 19.1. The number of quaternary nitrogens is 1. The number of likely N-dealkylation sites (tertiary alicyclic amines) is 1. The molecule has 34 heavy (non-hydrogen) atoms. The summed E-state index contributed by atoms with van der Waals surface area (Å²) in [7, 11) is 0. The Morgan fingerprint density at radius 1 is 1.21 bits per heavy atom. The van der Waals surface area contributed by atoms with Crippen LogP contribution in [-0.4, -0.2) is 17.7 Å². The van der Waals surface area contributed by atoms with Crippen molar-refractivity contribution in [2.75, 3.05) is 6.54 Å². The van der Waals surface area contributed by atoms with Crippen LogP contribution >= 0.6 is 11.6 Å². The number of phenolic OH excluding ortho intramolecular Hbond substituents is 1. The molecule has 2 atom stereocenters. The standard InChI is InChI=1S/C25H25ClF3NO4/c1-13-10-16(11-14(2)20(13)26)33-23-21(32)17-7-8-19(31)18(12-30-9-5-4-6-15(30)3)22(17)34-24(23)25(27,28)29/h7-8,10-11,15,31H,4-6,9,12H2,1-3H3/p+1/t15-/m0/s1. The first-order valence-electron chi connectivity index (χ1n) is 11.2. The van der Waals surface area contributed by atoms with Crippen molar-refractivity contribution >= 4 is 22.6 Å². The second-order valence-corrected chi connectivity index (χ2v) is 9.36. The molecule has 0 spiro atoms. The van der Waals surface area contributed by atoms with Crippen LogP contribution in [-0.2, 0) is 12.7 Å². The Bertz CT molecular complexity index is 1280. The van der Waals surface area contributed by atoms with Gasteiger partial charge in [-0.1, -0.05) is 11.6 Å². The van der Waals surface area contributed by atoms with Crippen molar-refractivity contribution < 1.29 is 32.3 Å². The molecule has 3 aromatic rings. The fourth-order valence-electron chi connectivity index (χ4n) is 4.56. The van der Waals surface area contributed by atoms with Crippen LogP contribution in [0.25, 0.3) is 11.0 Å². The van der Waals surface area contributed by atoms with E-state index in [0.717, 1.165) is 30.7 Å². The normalized spacial score (nSPS) is 18.9. The molecule has 4 rings (SSSR count). The molecule has 0 bridgehead atoms. The number of aromatic hydroxyl groups is 1. The van der Waals surface area contributed by atoms with Gasteiger partial charge in [0.1, 0.15) is 18.0 Å². The lowest BCUT2D eigenvalue weighted by Crippen LogP contribution is -3.14. The molecule has 2 aromatic carbocycles. The van der Waals surface area contributed by atoms with Crippen LogP contribution in [0.3, 0.4) is 0 Å². The fourth-order valence-corrected chi connectivity index (χ4v) is 4.67. The number of hydrogen-bond donors (Lipinski definition) is 2. The minimum atomic E-state index is -4.99. The van der Waals surface area contributed by atoms with Crippen LogP contribution in [0.15, 0.2) is 33.5 Å². The van der Waals surface area contributed by atoms with Gasteiger partial charge >= 0.3 is 6.18 Å². The molecule has 9 heteroatoms. The van der Waals surface area contributed by atoms with E-state index >= 15 is 0 Å². The van der Waals surface area contributed by atoms with Gasteiger partial charge in [-0.2, -0.15) is 13.2 Å². The predicted molar refractivity (Wildman–Crippen MR) is 123 cm³/mol. The van der Waals surface area contributed by atoms with Gasteiger partial charge < -0.3 is 19.2 Å². The van der Waals surface area contributed by atoms with Crippen molar-refractivity contribution in [3.8, 4) is 17.2 Å². The van der Waals surface area contributed by atoms with Gasteiger partial charge in [0.2, 0.25) is 11.2 Å². The summed E-state index contributed by atoms with van der Waals surface area (Å²) < 4.78 is 52.9. The first-order chi connectivity index (χ1) is 16.0. The molecule has 2 N–H and O–H groups in total. The van der Waals surface area contributed by atoms with E-state index in [4.69, 9.17) is 20.8 Å². The lowest BCUT2D eigenvalue weighted by atomic mass is 10.0. The van der Waals surface area contributed by atoms with Gasteiger partial charge in [0, 0.05) is 5.02 Å². The summed E-state index contributed by atoms with van der Waals surface area (Å²) in [4.78, 5) is 14.4. The Morgan fingerprint density at radius 2 is 1.88 bits per heavy atom. The van der Waals surface area contributed by atoms with E-state index in [-0.39, 0.29) is 40.6 Å². The van der Waals surface area contributed by atoms with E-state index in [1.807, 2.05) is 0 Å². The van der Waals surface area contributed by atoms with Crippen LogP contribution in [0.2, 0.25) is 5.02 Å². The van der Waals surface area contributed by atoms with Crippen LogP contribution < -0.4 is 15.1 Å². The van der Waals surface area contributed by atoms with Gasteiger partial charge in [0.25, 0.3) is 5.76 Å². The van der Waals surface area contributed by atoms with Gasteiger partial charge in [0.15, 0.2) is 5.58 Å². The van der Waals surface area contributed by atoms with Crippen LogP contribution in [0, 0.1) is 13.8 Å². The fraction of sp³-hybridized carbons (Fsp3) is 0.400. The van der Waals surface area contributed by atoms with Crippen molar-refractivity contribution in [1.82, 2.24) is 0 Å². The number of alkyl halides is 3. The van der Waals surface area contributed by atoms with Crippen molar-refractivity contribution in [2.45, 2.75) is 58.8 Å². The molecule has 0 saturated carbocycles. The Hall–Kier alpha value is -2.71. The minimum absolute atomic E-state index is 0.0436. The first kappa shape index (κ1) is 24.4. The summed E-state index contributed by atoms with van der Waals surface area (Å²) in [6.07, 6.45) is -1.94. The quantitative estimate of drug-likeness (QED) is 0.498. The molecule has 0 amide bonds. The second kappa shape index (κ2) is 9.15. The van der Waals surface area contributed by atoms with Gasteiger partial charge in [0.05, 0.1) is 23.5 Å². The van der Waals surface area contributed by atoms with E-state index in [1.165, 1.54) is 24.3 Å². The number of piperidine rings is 1. The third-order valence-corrected chi connectivity index (χ3v) is 7.07. The minimum Gasteiger partial charge on any atom is -0.507 e. The van der Waals surface area contributed by atoms with E-state index in [0.29, 0.717) is 16.1 Å². The molecule has 1 aliphatic heterocycles. The molecular formula is C25H26ClF3NO4+. The van der Waals surface area contributed by atoms with Gasteiger partial charge in [-0.05, 0) is 75.4 Å². The largest absolute Gasteiger partial charge is 0.507 e. The third-order valence-electron chi connectivity index (χ3n) is 6.47. The number of phenols is 1. The Labute approximate surface area is 199 Å². The third kappa shape index (κ3) is 4.61. The van der Waals surface area contributed by atoms with Gasteiger partial charge in [-0.25, -0.2) is 0 Å². The van der Waals surface area contributed by atoms with Crippen molar-refractivity contribution in [3.05, 3.63) is 62.0 Å². The number of aryl methyl sites for hydroxylation is 2. The summed E-state index contributed by atoms with van der Waals surface area (Å²) in [5.41, 5.74) is 0.163.